The molecule has 0 bridgehead atoms. The number of rotatable bonds is 6. The normalized spacial score (nSPS) is 15.7. The maximum absolute atomic E-state index is 6.25. The van der Waals surface area contributed by atoms with Gasteiger partial charge in [-0.1, -0.05) is 11.6 Å². The molecule has 1 fully saturated rings. The molecule has 1 N–H and O–H groups in total. The van der Waals surface area contributed by atoms with Gasteiger partial charge in [-0.2, -0.15) is 5.48 Å². The van der Waals surface area contributed by atoms with Gasteiger partial charge in [0.2, 0.25) is 0 Å². The second-order valence-corrected chi connectivity index (χ2v) is 5.05. The number of hydrogen-bond donors (Lipinski definition) is 1. The Morgan fingerprint density at radius 1 is 1.21 bits per heavy atom. The van der Waals surface area contributed by atoms with Gasteiger partial charge in [0.15, 0.2) is 11.5 Å². The number of benzene rings is 1. The summed E-state index contributed by atoms with van der Waals surface area (Å²) >= 11 is 6.25. The van der Waals surface area contributed by atoms with Crippen LogP contribution < -0.4 is 15.0 Å². The minimum Gasteiger partial charge on any atom is -0.493 e. The lowest BCUT2D eigenvalue weighted by molar-refractivity contribution is 0.0866. The molecule has 5 heteroatoms. The molecule has 1 aromatic rings. The van der Waals surface area contributed by atoms with E-state index in [1.807, 2.05) is 12.1 Å². The van der Waals surface area contributed by atoms with Gasteiger partial charge in [0.1, 0.15) is 0 Å². The minimum absolute atomic E-state index is 0.285. The zero-order chi connectivity index (χ0) is 13.7. The molecule has 1 aliphatic rings. The van der Waals surface area contributed by atoms with Crippen LogP contribution in [0.2, 0.25) is 5.02 Å². The minimum atomic E-state index is 0.285. The van der Waals surface area contributed by atoms with E-state index in [0.717, 1.165) is 24.2 Å². The Balaban J connectivity index is 2.15. The van der Waals surface area contributed by atoms with Crippen molar-refractivity contribution >= 4 is 11.6 Å². The molecule has 19 heavy (non-hydrogen) atoms. The van der Waals surface area contributed by atoms with Gasteiger partial charge in [0, 0.05) is 17.6 Å². The highest BCUT2D eigenvalue weighted by atomic mass is 35.5. The highest BCUT2D eigenvalue weighted by Gasteiger charge is 2.19. The molecule has 4 nitrogen and oxygen atoms in total. The number of hydroxylamine groups is 1. The molecule has 0 amide bonds. The van der Waals surface area contributed by atoms with Crippen molar-refractivity contribution in [2.45, 2.75) is 38.3 Å². The van der Waals surface area contributed by atoms with Crippen LogP contribution in [0.1, 0.15) is 31.2 Å². The summed E-state index contributed by atoms with van der Waals surface area (Å²) < 4.78 is 11.4. The third-order valence-electron chi connectivity index (χ3n) is 3.34. The Morgan fingerprint density at radius 3 is 2.58 bits per heavy atom. The van der Waals surface area contributed by atoms with E-state index in [9.17, 15) is 0 Å². The van der Waals surface area contributed by atoms with E-state index in [1.54, 1.807) is 14.2 Å². The van der Waals surface area contributed by atoms with Crippen LogP contribution in [0.15, 0.2) is 12.1 Å². The summed E-state index contributed by atoms with van der Waals surface area (Å²) in [5, 5.41) is 0.651. The van der Waals surface area contributed by atoms with Crippen LogP contribution in [0.25, 0.3) is 0 Å². The van der Waals surface area contributed by atoms with E-state index >= 15 is 0 Å². The fourth-order valence-electron chi connectivity index (χ4n) is 2.30. The quantitative estimate of drug-likeness (QED) is 0.814. The molecule has 0 saturated heterocycles. The molecule has 0 spiro atoms. The van der Waals surface area contributed by atoms with Crippen LogP contribution in [0.4, 0.5) is 0 Å². The Bertz CT molecular complexity index is 419. The fraction of sp³-hybridized carbons (Fsp3) is 0.571. The van der Waals surface area contributed by atoms with Gasteiger partial charge in [0.25, 0.3) is 0 Å². The number of nitrogens with one attached hydrogen (secondary N) is 1. The molecule has 0 radical (unpaired) electrons. The van der Waals surface area contributed by atoms with E-state index < -0.39 is 0 Å². The molecule has 0 aromatic heterocycles. The molecule has 1 aliphatic carbocycles. The molecule has 0 atom stereocenters. The van der Waals surface area contributed by atoms with Crippen molar-refractivity contribution in [2.75, 3.05) is 14.2 Å². The number of ether oxygens (including phenoxy) is 2. The van der Waals surface area contributed by atoms with Crippen LogP contribution in [0, 0.1) is 0 Å². The summed E-state index contributed by atoms with van der Waals surface area (Å²) in [6.07, 6.45) is 4.96. The van der Waals surface area contributed by atoms with Crippen molar-refractivity contribution < 1.29 is 14.3 Å². The molecular weight excluding hydrogens is 266 g/mol. The summed E-state index contributed by atoms with van der Waals surface area (Å²) in [5.74, 6) is 1.43. The van der Waals surface area contributed by atoms with Crippen LogP contribution in [-0.4, -0.2) is 20.3 Å². The first-order valence-electron chi connectivity index (χ1n) is 6.53. The fourth-order valence-corrected chi connectivity index (χ4v) is 2.52. The van der Waals surface area contributed by atoms with Crippen LogP contribution in [0.5, 0.6) is 11.5 Å². The molecule has 1 aromatic carbocycles. The zero-order valence-electron chi connectivity index (χ0n) is 11.4. The largest absolute Gasteiger partial charge is 0.493 e. The topological polar surface area (TPSA) is 39.7 Å². The molecule has 0 heterocycles. The Kier molecular flexibility index (Phi) is 5.31. The monoisotopic (exact) mass is 285 g/mol. The number of halogens is 1. The molecule has 106 valence electrons. The Labute approximate surface area is 118 Å². The lowest BCUT2D eigenvalue weighted by Crippen LogP contribution is -2.13. The second kappa shape index (κ2) is 6.98. The zero-order valence-corrected chi connectivity index (χ0v) is 12.1. The smallest absolute Gasteiger partial charge is 0.163 e. The van der Waals surface area contributed by atoms with Crippen LogP contribution in [-0.2, 0) is 11.4 Å². The van der Waals surface area contributed by atoms with Gasteiger partial charge in [-0.3, -0.25) is 0 Å². The van der Waals surface area contributed by atoms with Gasteiger partial charge in [-0.05, 0) is 37.3 Å². The second-order valence-electron chi connectivity index (χ2n) is 4.64. The maximum atomic E-state index is 6.25. The van der Waals surface area contributed by atoms with Gasteiger partial charge >= 0.3 is 0 Å². The van der Waals surface area contributed by atoms with Gasteiger partial charge in [-0.25, -0.2) is 0 Å². The average Bonchev–Trinajstić information content (AvgIpc) is 2.91. The lowest BCUT2D eigenvalue weighted by atomic mass is 10.2. The standard InChI is InChI=1S/C14H20ClNO3/c1-17-13-7-10(9-16-18-2)12(15)8-14(13)19-11-5-3-4-6-11/h7-8,11,16H,3-6,9H2,1-2H3. The lowest BCUT2D eigenvalue weighted by Gasteiger charge is -2.17. The average molecular weight is 286 g/mol. The van der Waals surface area contributed by atoms with Crippen molar-refractivity contribution in [3.63, 3.8) is 0 Å². The predicted molar refractivity (Wildman–Crippen MR) is 74.7 cm³/mol. The van der Waals surface area contributed by atoms with Crippen LogP contribution in [0.3, 0.4) is 0 Å². The maximum Gasteiger partial charge on any atom is 0.163 e. The van der Waals surface area contributed by atoms with Crippen LogP contribution >= 0.6 is 11.6 Å². The van der Waals surface area contributed by atoms with E-state index in [2.05, 4.69) is 5.48 Å². The van der Waals surface area contributed by atoms with Crippen molar-refractivity contribution in [3.05, 3.63) is 22.7 Å². The number of methoxy groups -OCH3 is 1. The van der Waals surface area contributed by atoms with E-state index in [-0.39, 0.29) is 6.10 Å². The summed E-state index contributed by atoms with van der Waals surface area (Å²) in [5.41, 5.74) is 3.68. The molecule has 0 aliphatic heterocycles. The molecule has 1 saturated carbocycles. The third-order valence-corrected chi connectivity index (χ3v) is 3.69. The highest BCUT2D eigenvalue weighted by Crippen LogP contribution is 2.36. The first kappa shape index (κ1) is 14.4. The molecule has 0 unspecified atom stereocenters. The molecule has 2 rings (SSSR count). The SMILES string of the molecule is CONCc1cc(OC)c(OC2CCCC2)cc1Cl. The van der Waals surface area contributed by atoms with E-state index in [0.29, 0.717) is 17.3 Å². The Morgan fingerprint density at radius 2 is 1.95 bits per heavy atom. The summed E-state index contributed by atoms with van der Waals surface area (Å²) in [6, 6.07) is 3.71. The van der Waals surface area contributed by atoms with Gasteiger partial charge in [-0.15, -0.1) is 0 Å². The van der Waals surface area contributed by atoms with Gasteiger partial charge < -0.3 is 14.3 Å². The predicted octanol–water partition coefficient (Wildman–Crippen LogP) is 3.32. The summed E-state index contributed by atoms with van der Waals surface area (Å²) in [6.45, 7) is 0.523. The highest BCUT2D eigenvalue weighted by molar-refractivity contribution is 6.31. The van der Waals surface area contributed by atoms with Crippen molar-refractivity contribution in [2.24, 2.45) is 0 Å². The van der Waals surface area contributed by atoms with E-state index in [4.69, 9.17) is 25.9 Å². The van der Waals surface area contributed by atoms with Gasteiger partial charge in [0.05, 0.1) is 20.3 Å². The van der Waals surface area contributed by atoms with E-state index in [1.165, 1.54) is 12.8 Å². The van der Waals surface area contributed by atoms with Crippen molar-refractivity contribution in [1.82, 2.24) is 5.48 Å². The van der Waals surface area contributed by atoms with Crippen molar-refractivity contribution in [1.29, 1.82) is 0 Å². The summed E-state index contributed by atoms with van der Waals surface area (Å²) in [4.78, 5) is 4.83. The van der Waals surface area contributed by atoms with Crippen molar-refractivity contribution in [3.8, 4) is 11.5 Å². The molecular formula is C14H20ClNO3. The number of hydrogen-bond acceptors (Lipinski definition) is 4. The third kappa shape index (κ3) is 3.75. The first-order valence-corrected chi connectivity index (χ1v) is 6.91. The first-order chi connectivity index (χ1) is 9.24. The summed E-state index contributed by atoms with van der Waals surface area (Å²) in [7, 11) is 3.21. The Hall–Kier alpha value is -0.970.